The standard InChI is InChI=1S/C9H8N2O4S/c1-3-7-8(10(12)13)4-6(16-2)5-9(7)11(14)15/h3-5H,1H2,2H3. The zero-order valence-electron chi connectivity index (χ0n) is 8.37. The van der Waals surface area contributed by atoms with E-state index in [1.54, 1.807) is 6.26 Å². The van der Waals surface area contributed by atoms with Gasteiger partial charge in [0.15, 0.2) is 0 Å². The molecule has 0 aliphatic carbocycles. The largest absolute Gasteiger partial charge is 0.284 e. The van der Waals surface area contributed by atoms with Gasteiger partial charge in [0.2, 0.25) is 0 Å². The minimum atomic E-state index is -0.649. The maximum Gasteiger partial charge on any atom is 0.284 e. The first-order valence-corrected chi connectivity index (χ1v) is 5.37. The zero-order chi connectivity index (χ0) is 12.3. The molecule has 0 amide bonds. The molecule has 6 nitrogen and oxygen atoms in total. The molecule has 0 atom stereocenters. The number of thioether (sulfide) groups is 1. The van der Waals surface area contributed by atoms with Gasteiger partial charge in [-0.2, -0.15) is 0 Å². The highest BCUT2D eigenvalue weighted by Crippen LogP contribution is 2.34. The van der Waals surface area contributed by atoms with Gasteiger partial charge >= 0.3 is 0 Å². The lowest BCUT2D eigenvalue weighted by molar-refractivity contribution is -0.394. The zero-order valence-corrected chi connectivity index (χ0v) is 9.19. The molecule has 0 unspecified atom stereocenters. The predicted octanol–water partition coefficient (Wildman–Crippen LogP) is 2.87. The maximum absolute atomic E-state index is 10.7. The van der Waals surface area contributed by atoms with Crippen LogP contribution < -0.4 is 0 Å². The van der Waals surface area contributed by atoms with Crippen molar-refractivity contribution in [3.63, 3.8) is 0 Å². The molecule has 1 aromatic rings. The van der Waals surface area contributed by atoms with Crippen molar-refractivity contribution in [3.8, 4) is 0 Å². The van der Waals surface area contributed by atoms with Gasteiger partial charge in [-0.25, -0.2) is 0 Å². The molecule has 0 radical (unpaired) electrons. The highest BCUT2D eigenvalue weighted by Gasteiger charge is 2.24. The molecular formula is C9H8N2O4S. The van der Waals surface area contributed by atoms with Crippen LogP contribution in [-0.2, 0) is 0 Å². The third-order valence-corrected chi connectivity index (χ3v) is 2.65. The van der Waals surface area contributed by atoms with E-state index in [-0.39, 0.29) is 16.9 Å². The molecule has 0 aromatic heterocycles. The van der Waals surface area contributed by atoms with Crippen molar-refractivity contribution in [1.29, 1.82) is 0 Å². The molecule has 1 rings (SSSR count). The van der Waals surface area contributed by atoms with Crippen molar-refractivity contribution in [3.05, 3.63) is 44.5 Å². The second-order valence-corrected chi connectivity index (χ2v) is 3.68. The molecule has 16 heavy (non-hydrogen) atoms. The fourth-order valence-electron chi connectivity index (χ4n) is 1.23. The third-order valence-electron chi connectivity index (χ3n) is 1.94. The van der Waals surface area contributed by atoms with Gasteiger partial charge in [0, 0.05) is 17.0 Å². The summed E-state index contributed by atoms with van der Waals surface area (Å²) in [7, 11) is 0. The van der Waals surface area contributed by atoms with Crippen LogP contribution in [0.4, 0.5) is 11.4 Å². The molecular weight excluding hydrogens is 232 g/mol. The SMILES string of the molecule is C=Cc1c([N+](=O)[O-])cc(SC)cc1[N+](=O)[O-]. The lowest BCUT2D eigenvalue weighted by Gasteiger charge is -2.02. The van der Waals surface area contributed by atoms with Crippen LogP contribution in [0.3, 0.4) is 0 Å². The summed E-state index contributed by atoms with van der Waals surface area (Å²) in [5.41, 5.74) is -0.657. The van der Waals surface area contributed by atoms with E-state index in [1.165, 1.54) is 23.9 Å². The van der Waals surface area contributed by atoms with Crippen molar-refractivity contribution >= 4 is 29.2 Å². The van der Waals surface area contributed by atoms with Gasteiger partial charge in [0.05, 0.1) is 9.85 Å². The second kappa shape index (κ2) is 4.75. The Labute approximate surface area is 95.3 Å². The van der Waals surface area contributed by atoms with Crippen molar-refractivity contribution in [2.45, 2.75) is 4.90 Å². The maximum atomic E-state index is 10.7. The van der Waals surface area contributed by atoms with E-state index >= 15 is 0 Å². The Bertz CT molecular complexity index is 438. The van der Waals surface area contributed by atoms with E-state index < -0.39 is 9.85 Å². The fraction of sp³-hybridized carbons (Fsp3) is 0.111. The van der Waals surface area contributed by atoms with Crippen molar-refractivity contribution in [1.82, 2.24) is 0 Å². The summed E-state index contributed by atoms with van der Waals surface area (Å²) in [5, 5.41) is 21.5. The molecule has 0 aliphatic heterocycles. The Balaban J connectivity index is 3.59. The minimum Gasteiger partial charge on any atom is -0.258 e. The Kier molecular flexibility index (Phi) is 3.62. The molecule has 0 bridgehead atoms. The fourth-order valence-corrected chi connectivity index (χ4v) is 1.69. The molecule has 0 aliphatic rings. The first-order valence-electron chi connectivity index (χ1n) is 4.14. The molecule has 0 fully saturated rings. The van der Waals surface area contributed by atoms with Crippen LogP contribution in [0.5, 0.6) is 0 Å². The number of nitro groups is 2. The van der Waals surface area contributed by atoms with Gasteiger partial charge < -0.3 is 0 Å². The monoisotopic (exact) mass is 240 g/mol. The molecule has 1 aromatic carbocycles. The number of nitrogens with zero attached hydrogens (tertiary/aromatic N) is 2. The van der Waals surface area contributed by atoms with E-state index in [9.17, 15) is 20.2 Å². The summed E-state index contributed by atoms with van der Waals surface area (Å²) in [6, 6.07) is 2.60. The van der Waals surface area contributed by atoms with Crippen LogP contribution in [0.1, 0.15) is 5.56 Å². The molecule has 0 saturated heterocycles. The normalized spacial score (nSPS) is 9.81. The van der Waals surface area contributed by atoms with Crippen LogP contribution in [-0.4, -0.2) is 16.1 Å². The average molecular weight is 240 g/mol. The van der Waals surface area contributed by atoms with Crippen LogP contribution >= 0.6 is 11.8 Å². The highest BCUT2D eigenvalue weighted by molar-refractivity contribution is 7.98. The predicted molar refractivity (Wildman–Crippen MR) is 61.6 cm³/mol. The van der Waals surface area contributed by atoms with E-state index in [1.807, 2.05) is 0 Å². The Hall–Kier alpha value is -1.89. The number of benzene rings is 1. The number of nitro benzene ring substituents is 2. The second-order valence-electron chi connectivity index (χ2n) is 2.80. The number of hydrogen-bond acceptors (Lipinski definition) is 5. The van der Waals surface area contributed by atoms with Crippen LogP contribution in [0, 0.1) is 20.2 Å². The van der Waals surface area contributed by atoms with Crippen LogP contribution in [0.2, 0.25) is 0 Å². The van der Waals surface area contributed by atoms with Crippen molar-refractivity contribution < 1.29 is 9.85 Å². The van der Waals surface area contributed by atoms with E-state index in [2.05, 4.69) is 6.58 Å². The summed E-state index contributed by atoms with van der Waals surface area (Å²) < 4.78 is 0. The van der Waals surface area contributed by atoms with Gasteiger partial charge in [0.1, 0.15) is 5.56 Å². The lowest BCUT2D eigenvalue weighted by Crippen LogP contribution is -1.98. The minimum absolute atomic E-state index is 0.0622. The Morgan fingerprint density at radius 3 is 1.94 bits per heavy atom. The Morgan fingerprint density at radius 1 is 1.25 bits per heavy atom. The first kappa shape index (κ1) is 12.2. The van der Waals surface area contributed by atoms with Crippen molar-refractivity contribution in [2.24, 2.45) is 0 Å². The molecule has 0 spiro atoms. The molecule has 0 heterocycles. The van der Waals surface area contributed by atoms with Crippen LogP contribution in [0.15, 0.2) is 23.6 Å². The molecule has 7 heteroatoms. The summed E-state index contributed by atoms with van der Waals surface area (Å²) in [4.78, 5) is 20.7. The molecule has 0 N–H and O–H groups in total. The molecule has 84 valence electrons. The topological polar surface area (TPSA) is 86.3 Å². The van der Waals surface area contributed by atoms with Gasteiger partial charge in [-0.05, 0) is 12.3 Å². The Morgan fingerprint density at radius 2 is 1.69 bits per heavy atom. The van der Waals surface area contributed by atoms with Gasteiger partial charge in [0.25, 0.3) is 11.4 Å². The summed E-state index contributed by atoms with van der Waals surface area (Å²) in [5.74, 6) is 0. The van der Waals surface area contributed by atoms with E-state index in [4.69, 9.17) is 0 Å². The average Bonchev–Trinajstić information content (AvgIpc) is 2.26. The third kappa shape index (κ3) is 2.19. The van der Waals surface area contributed by atoms with Gasteiger partial charge in [-0.15, -0.1) is 11.8 Å². The lowest BCUT2D eigenvalue weighted by atomic mass is 10.1. The first-order chi connectivity index (χ1) is 7.51. The summed E-state index contributed by atoms with van der Waals surface area (Å²) in [6.07, 6.45) is 2.82. The van der Waals surface area contributed by atoms with Gasteiger partial charge in [-0.1, -0.05) is 6.58 Å². The highest BCUT2D eigenvalue weighted by atomic mass is 32.2. The number of hydrogen-bond donors (Lipinski definition) is 0. The smallest absolute Gasteiger partial charge is 0.258 e. The van der Waals surface area contributed by atoms with E-state index in [0.717, 1.165) is 6.08 Å². The summed E-state index contributed by atoms with van der Waals surface area (Å²) >= 11 is 1.21. The van der Waals surface area contributed by atoms with E-state index in [0.29, 0.717) is 4.90 Å². The van der Waals surface area contributed by atoms with Crippen molar-refractivity contribution in [2.75, 3.05) is 6.26 Å². The quantitative estimate of drug-likeness (QED) is 0.458. The molecule has 0 saturated carbocycles. The van der Waals surface area contributed by atoms with Gasteiger partial charge in [-0.3, -0.25) is 20.2 Å². The number of rotatable bonds is 4. The van der Waals surface area contributed by atoms with Crippen LogP contribution in [0.25, 0.3) is 6.08 Å². The summed E-state index contributed by atoms with van der Waals surface area (Å²) in [6.45, 7) is 3.36.